The van der Waals surface area contributed by atoms with E-state index in [-0.39, 0.29) is 41.1 Å². The standard InChI is InChI=1S/2C23H23.C2H6Si.2ClH.Zr/c2*1-18-16-19-10-8-9-15-23(22(19)17-18,20-11-4-2-5-12-20)21-13-6-3-7-14-21;1-3-2;;;/h2*2-14,16,18,22H,15,17H2,1H3;1-2H3;2*1H;/q2*-1;;;;+2/p-2. The van der Waals surface area contributed by atoms with Gasteiger partial charge in [0.2, 0.25) is 0 Å². The van der Waals surface area contributed by atoms with Gasteiger partial charge in [0, 0.05) is 10.8 Å². The molecule has 0 bridgehead atoms. The van der Waals surface area contributed by atoms with Crippen molar-refractivity contribution in [2.75, 3.05) is 0 Å². The molecule has 0 heterocycles. The van der Waals surface area contributed by atoms with Gasteiger partial charge in [0.05, 0.1) is 0 Å². The van der Waals surface area contributed by atoms with Crippen molar-refractivity contribution < 1.29 is 48.1 Å². The Morgan fingerprint density at radius 3 is 1.06 bits per heavy atom. The number of hydrogen-bond donors (Lipinski definition) is 0. The molecule has 0 spiro atoms. The van der Waals surface area contributed by atoms with E-state index in [9.17, 15) is 0 Å². The Hall–Kier alpha value is -2.74. The predicted molar refractivity (Wildman–Crippen MR) is 212 cm³/mol. The van der Waals surface area contributed by atoms with Crippen molar-refractivity contribution in [3.05, 3.63) is 204 Å². The van der Waals surface area contributed by atoms with E-state index in [0.717, 1.165) is 12.8 Å². The number of benzene rings is 4. The zero-order valence-corrected chi connectivity index (χ0v) is 36.0. The molecule has 4 heteroatoms. The minimum Gasteiger partial charge on any atom is -1.00 e. The first-order valence-corrected chi connectivity index (χ1v) is 24.7. The Balaban J connectivity index is 0.000000204. The molecule has 4 atom stereocenters. The summed E-state index contributed by atoms with van der Waals surface area (Å²) in [5, 5.41) is 0. The van der Waals surface area contributed by atoms with E-state index in [0.29, 0.717) is 23.7 Å². The summed E-state index contributed by atoms with van der Waals surface area (Å²) in [6, 6.07) is 44.4. The Kier molecular flexibility index (Phi) is 15.8. The molecule has 0 nitrogen and oxygen atoms in total. The van der Waals surface area contributed by atoms with Gasteiger partial charge in [-0.2, -0.15) is 0 Å². The first-order chi connectivity index (χ1) is 24.3. The zero-order chi connectivity index (χ0) is 35.0. The van der Waals surface area contributed by atoms with Crippen molar-refractivity contribution in [2.45, 2.75) is 63.5 Å². The topological polar surface area (TPSA) is 0 Å². The van der Waals surface area contributed by atoms with Gasteiger partial charge in [-0.1, -0.05) is 160 Å². The molecule has 2 saturated carbocycles. The van der Waals surface area contributed by atoms with Gasteiger partial charge in [0.1, 0.15) is 0 Å². The maximum atomic E-state index is 2.47. The molecule has 0 amide bonds. The van der Waals surface area contributed by atoms with Crippen LogP contribution in [0, 0.1) is 36.5 Å². The fourth-order valence-corrected chi connectivity index (χ4v) is 9.06. The van der Waals surface area contributed by atoms with Crippen LogP contribution < -0.4 is 24.8 Å². The monoisotopic (exact) mass is 816 g/mol. The van der Waals surface area contributed by atoms with Gasteiger partial charge in [-0.3, -0.25) is 0 Å². The predicted octanol–water partition coefficient (Wildman–Crippen LogP) is 6.23. The van der Waals surface area contributed by atoms with Crippen LogP contribution in [-0.4, -0.2) is 5.43 Å². The normalized spacial score (nSPS) is 22.8. The van der Waals surface area contributed by atoms with Gasteiger partial charge in [0.15, 0.2) is 0 Å². The third-order valence-corrected chi connectivity index (χ3v) is 11.0. The van der Waals surface area contributed by atoms with Gasteiger partial charge in [-0.25, -0.2) is 36.1 Å². The molecule has 4 aromatic carbocycles. The fourth-order valence-electron chi connectivity index (χ4n) is 9.06. The largest absolute Gasteiger partial charge is 1.00 e. The summed E-state index contributed by atoms with van der Waals surface area (Å²) >= 11 is 1.74. The van der Waals surface area contributed by atoms with Crippen LogP contribution >= 0.6 is 0 Å². The van der Waals surface area contributed by atoms with Crippen LogP contribution in [0.4, 0.5) is 0 Å². The Bertz CT molecular complexity index is 1610. The second-order valence-electron chi connectivity index (χ2n) is 14.9. The molecule has 8 rings (SSSR count). The fraction of sp³-hybridized carbons (Fsp3) is 0.292. The minimum atomic E-state index is 0. The van der Waals surface area contributed by atoms with Crippen molar-refractivity contribution in [1.82, 2.24) is 0 Å². The first kappa shape index (κ1) is 42.0. The number of fused-ring (bicyclic) bond motifs is 2. The Morgan fingerprint density at radius 2 is 0.788 bits per heavy atom. The number of hydrogen-bond acceptors (Lipinski definition) is 0. The molecule has 52 heavy (non-hydrogen) atoms. The van der Waals surface area contributed by atoms with Crippen LogP contribution in [0.1, 0.15) is 61.8 Å². The van der Waals surface area contributed by atoms with E-state index in [1.165, 1.54) is 46.2 Å². The van der Waals surface area contributed by atoms with Gasteiger partial charge < -0.3 is 24.8 Å². The van der Waals surface area contributed by atoms with E-state index in [1.807, 2.05) is 0 Å². The Morgan fingerprint density at radius 1 is 0.519 bits per heavy atom. The van der Waals surface area contributed by atoms with Crippen LogP contribution in [0.2, 0.25) is 13.1 Å². The molecular formula is C48H52Cl2SiZr-2. The number of rotatable bonds is 4. The maximum absolute atomic E-state index is 2.47. The molecule has 4 aromatic rings. The third kappa shape index (κ3) is 9.13. The van der Waals surface area contributed by atoms with Crippen molar-refractivity contribution >= 4 is 5.43 Å². The smallest absolute Gasteiger partial charge is 1.00 e. The average molecular weight is 819 g/mol. The molecular weight excluding hydrogens is 767 g/mol. The zero-order valence-electron chi connectivity index (χ0n) is 31.1. The SMILES string of the molecule is CC1[CH-]C2=CC=CCC(c3ccccc3)(c3ccccc3)C2C1.CC1[CH-]C2=CC=CCC(c3ccccc3)(c3ccccc3)C2C1.C[Si](C)=[Zr+2].[Cl-].[Cl-]. The summed E-state index contributed by atoms with van der Waals surface area (Å²) in [6.45, 7) is 9.31. The molecule has 0 aromatic heterocycles. The molecule has 2 fully saturated rings. The molecule has 0 N–H and O–H groups in total. The van der Waals surface area contributed by atoms with Crippen LogP contribution in [-0.2, 0) is 34.2 Å². The quantitative estimate of drug-likeness (QED) is 0.170. The summed E-state index contributed by atoms with van der Waals surface area (Å²) in [7, 11) is 0. The molecule has 0 radical (unpaired) electrons. The third-order valence-electron chi connectivity index (χ3n) is 11.0. The summed E-state index contributed by atoms with van der Waals surface area (Å²) in [5.74, 6) is 2.42. The molecule has 268 valence electrons. The van der Waals surface area contributed by atoms with Crippen LogP contribution in [0.5, 0.6) is 0 Å². The molecule has 0 aliphatic heterocycles. The number of halogens is 2. The summed E-state index contributed by atoms with van der Waals surface area (Å²) in [6.07, 6.45) is 23.4. The number of allylic oxidation sites excluding steroid dienone is 8. The average Bonchev–Trinajstić information content (AvgIpc) is 3.59. The van der Waals surface area contributed by atoms with Crippen LogP contribution in [0.3, 0.4) is 0 Å². The van der Waals surface area contributed by atoms with Gasteiger partial charge in [0.25, 0.3) is 0 Å². The van der Waals surface area contributed by atoms with Crippen molar-refractivity contribution in [1.29, 1.82) is 0 Å². The first-order valence-electron chi connectivity index (χ1n) is 18.5. The minimum absolute atomic E-state index is 0. The van der Waals surface area contributed by atoms with E-state index < -0.39 is 0 Å². The van der Waals surface area contributed by atoms with Gasteiger partial charge in [-0.15, -0.1) is 24.3 Å². The van der Waals surface area contributed by atoms with E-state index in [4.69, 9.17) is 0 Å². The molecule has 4 unspecified atom stereocenters. The summed E-state index contributed by atoms with van der Waals surface area (Å²) in [4.78, 5) is 0. The van der Waals surface area contributed by atoms with Gasteiger partial charge >= 0.3 is 41.9 Å². The molecule has 4 aliphatic carbocycles. The second kappa shape index (κ2) is 19.5. The van der Waals surface area contributed by atoms with E-state index in [1.54, 1.807) is 23.3 Å². The maximum Gasteiger partial charge on any atom is -1.00 e. The van der Waals surface area contributed by atoms with E-state index in [2.05, 4.69) is 198 Å². The summed E-state index contributed by atoms with van der Waals surface area (Å²) < 4.78 is 0. The van der Waals surface area contributed by atoms with E-state index >= 15 is 0 Å². The summed E-state index contributed by atoms with van der Waals surface area (Å²) in [5.41, 5.74) is 9.09. The van der Waals surface area contributed by atoms with Crippen molar-refractivity contribution in [2.24, 2.45) is 23.7 Å². The second-order valence-corrected chi connectivity index (χ2v) is 24.2. The van der Waals surface area contributed by atoms with Crippen molar-refractivity contribution in [3.8, 4) is 0 Å². The van der Waals surface area contributed by atoms with Crippen LogP contribution in [0.25, 0.3) is 0 Å². The van der Waals surface area contributed by atoms with Crippen molar-refractivity contribution in [3.63, 3.8) is 0 Å². The molecule has 4 aliphatic rings. The van der Waals surface area contributed by atoms with Crippen LogP contribution in [0.15, 0.2) is 169 Å². The van der Waals surface area contributed by atoms with Gasteiger partial charge in [-0.05, 0) is 46.9 Å². The Labute approximate surface area is 342 Å². The molecule has 0 saturated heterocycles.